The highest BCUT2D eigenvalue weighted by Crippen LogP contribution is 2.29. The van der Waals surface area contributed by atoms with Gasteiger partial charge in [-0.05, 0) is 36.6 Å². The molecule has 1 rings (SSSR count). The van der Waals surface area contributed by atoms with E-state index in [0.717, 1.165) is 18.7 Å². The minimum absolute atomic E-state index is 0.350. The van der Waals surface area contributed by atoms with Crippen molar-refractivity contribution in [2.24, 2.45) is 5.92 Å². The fourth-order valence-corrected chi connectivity index (χ4v) is 1.71. The predicted molar refractivity (Wildman–Crippen MR) is 68.9 cm³/mol. The van der Waals surface area contributed by atoms with Gasteiger partial charge in [0, 0.05) is 6.54 Å². The molecule has 0 spiro atoms. The SMILES string of the molecule is CC(C)CNCC(O)Cc1ccc(C(F)(F)F)cc1. The van der Waals surface area contributed by atoms with Crippen LogP contribution in [0.25, 0.3) is 0 Å². The smallest absolute Gasteiger partial charge is 0.391 e. The molecule has 0 aliphatic heterocycles. The van der Waals surface area contributed by atoms with Crippen molar-refractivity contribution in [3.8, 4) is 0 Å². The zero-order valence-corrected chi connectivity index (χ0v) is 11.2. The summed E-state index contributed by atoms with van der Waals surface area (Å²) in [6.07, 6.45) is -4.55. The van der Waals surface area contributed by atoms with Crippen LogP contribution in [0.4, 0.5) is 13.2 Å². The quantitative estimate of drug-likeness (QED) is 0.836. The van der Waals surface area contributed by atoms with Crippen molar-refractivity contribution < 1.29 is 18.3 Å². The van der Waals surface area contributed by atoms with Crippen molar-refractivity contribution >= 4 is 0 Å². The summed E-state index contributed by atoms with van der Waals surface area (Å²) in [4.78, 5) is 0. The third kappa shape index (κ3) is 6.07. The van der Waals surface area contributed by atoms with Crippen LogP contribution in [0, 0.1) is 5.92 Å². The first-order valence-corrected chi connectivity index (χ1v) is 6.34. The Hall–Kier alpha value is -1.07. The summed E-state index contributed by atoms with van der Waals surface area (Å²) in [5, 5.41) is 12.9. The van der Waals surface area contributed by atoms with Crippen molar-refractivity contribution in [1.29, 1.82) is 0 Å². The Morgan fingerprint density at radius 1 is 1.11 bits per heavy atom. The average molecular weight is 275 g/mol. The molecule has 2 N–H and O–H groups in total. The molecule has 0 fully saturated rings. The van der Waals surface area contributed by atoms with Gasteiger partial charge in [0.05, 0.1) is 11.7 Å². The second kappa shape index (κ2) is 6.91. The second-order valence-corrected chi connectivity index (χ2v) is 5.10. The topological polar surface area (TPSA) is 32.3 Å². The first kappa shape index (κ1) is 16.0. The van der Waals surface area contributed by atoms with Gasteiger partial charge in [-0.15, -0.1) is 0 Å². The number of nitrogens with one attached hydrogen (secondary N) is 1. The van der Waals surface area contributed by atoms with Gasteiger partial charge in [-0.1, -0.05) is 26.0 Å². The molecule has 108 valence electrons. The van der Waals surface area contributed by atoms with E-state index < -0.39 is 17.8 Å². The third-order valence-corrected chi connectivity index (χ3v) is 2.69. The van der Waals surface area contributed by atoms with Gasteiger partial charge in [-0.3, -0.25) is 0 Å². The number of aliphatic hydroxyl groups excluding tert-OH is 1. The molecule has 0 radical (unpaired) electrons. The molecule has 0 aromatic heterocycles. The summed E-state index contributed by atoms with van der Waals surface area (Å²) in [5.74, 6) is 0.498. The first-order valence-electron chi connectivity index (χ1n) is 6.34. The molecule has 0 amide bonds. The van der Waals surface area contributed by atoms with Gasteiger partial charge in [-0.2, -0.15) is 13.2 Å². The predicted octanol–water partition coefficient (Wildman–Crippen LogP) is 2.85. The molecule has 5 heteroatoms. The van der Waals surface area contributed by atoms with Gasteiger partial charge < -0.3 is 10.4 Å². The van der Waals surface area contributed by atoms with Crippen molar-refractivity contribution in [3.63, 3.8) is 0 Å². The molecule has 1 unspecified atom stereocenters. The number of hydrogen-bond acceptors (Lipinski definition) is 2. The lowest BCUT2D eigenvalue weighted by Gasteiger charge is -2.14. The van der Waals surface area contributed by atoms with Crippen LogP contribution >= 0.6 is 0 Å². The molecule has 1 aromatic rings. The van der Waals surface area contributed by atoms with Gasteiger partial charge in [0.25, 0.3) is 0 Å². The largest absolute Gasteiger partial charge is 0.416 e. The van der Waals surface area contributed by atoms with E-state index in [4.69, 9.17) is 0 Å². The highest BCUT2D eigenvalue weighted by atomic mass is 19.4. The minimum atomic E-state index is -4.31. The number of benzene rings is 1. The molecular formula is C14H20F3NO. The summed E-state index contributed by atoms with van der Waals surface area (Å²) in [5.41, 5.74) is 0.0375. The fourth-order valence-electron chi connectivity index (χ4n) is 1.71. The highest BCUT2D eigenvalue weighted by molar-refractivity contribution is 5.25. The number of rotatable bonds is 6. The van der Waals surface area contributed by atoms with E-state index in [1.165, 1.54) is 12.1 Å². The Balaban J connectivity index is 2.44. The highest BCUT2D eigenvalue weighted by Gasteiger charge is 2.29. The molecule has 2 nitrogen and oxygen atoms in total. The maximum absolute atomic E-state index is 12.4. The maximum atomic E-state index is 12.4. The van der Waals surface area contributed by atoms with E-state index >= 15 is 0 Å². The lowest BCUT2D eigenvalue weighted by atomic mass is 10.1. The third-order valence-electron chi connectivity index (χ3n) is 2.69. The Kier molecular flexibility index (Phi) is 5.82. The van der Waals surface area contributed by atoms with Gasteiger partial charge in [0.15, 0.2) is 0 Å². The molecule has 0 aliphatic rings. The van der Waals surface area contributed by atoms with Crippen LogP contribution in [-0.2, 0) is 12.6 Å². The Bertz CT molecular complexity index is 373. The standard InChI is InChI=1S/C14H20F3NO/c1-10(2)8-18-9-13(19)7-11-3-5-12(6-4-11)14(15,16)17/h3-6,10,13,18-19H,7-9H2,1-2H3. The summed E-state index contributed by atoms with van der Waals surface area (Å²) >= 11 is 0. The lowest BCUT2D eigenvalue weighted by molar-refractivity contribution is -0.137. The van der Waals surface area contributed by atoms with Gasteiger partial charge in [-0.25, -0.2) is 0 Å². The van der Waals surface area contributed by atoms with Gasteiger partial charge >= 0.3 is 6.18 Å². The van der Waals surface area contributed by atoms with E-state index in [2.05, 4.69) is 19.2 Å². The summed E-state index contributed by atoms with van der Waals surface area (Å²) in [7, 11) is 0. The summed E-state index contributed by atoms with van der Waals surface area (Å²) in [6, 6.07) is 4.91. The maximum Gasteiger partial charge on any atom is 0.416 e. The Morgan fingerprint density at radius 3 is 2.16 bits per heavy atom. The van der Waals surface area contributed by atoms with Gasteiger partial charge in [0.2, 0.25) is 0 Å². The van der Waals surface area contributed by atoms with Crippen LogP contribution in [0.3, 0.4) is 0 Å². The van der Waals surface area contributed by atoms with E-state index in [0.29, 0.717) is 24.4 Å². The number of hydrogen-bond donors (Lipinski definition) is 2. The monoisotopic (exact) mass is 275 g/mol. The Morgan fingerprint density at radius 2 is 1.68 bits per heavy atom. The first-order chi connectivity index (χ1) is 8.79. The molecule has 1 atom stereocenters. The van der Waals surface area contributed by atoms with Crippen LogP contribution in [0.1, 0.15) is 25.0 Å². The normalized spacial score (nSPS) is 13.8. The van der Waals surface area contributed by atoms with E-state index in [1.807, 2.05) is 0 Å². The molecular weight excluding hydrogens is 255 g/mol. The van der Waals surface area contributed by atoms with Crippen LogP contribution in [-0.4, -0.2) is 24.3 Å². The van der Waals surface area contributed by atoms with Gasteiger partial charge in [0.1, 0.15) is 0 Å². The van der Waals surface area contributed by atoms with Crippen molar-refractivity contribution in [1.82, 2.24) is 5.32 Å². The lowest BCUT2D eigenvalue weighted by Crippen LogP contribution is -2.30. The van der Waals surface area contributed by atoms with Crippen LogP contribution in [0.5, 0.6) is 0 Å². The molecule has 0 aliphatic carbocycles. The molecule has 0 saturated carbocycles. The average Bonchev–Trinajstić information content (AvgIpc) is 2.27. The molecule has 19 heavy (non-hydrogen) atoms. The number of alkyl halides is 3. The van der Waals surface area contributed by atoms with Crippen LogP contribution in [0.15, 0.2) is 24.3 Å². The van der Waals surface area contributed by atoms with E-state index in [1.54, 1.807) is 0 Å². The minimum Gasteiger partial charge on any atom is -0.391 e. The molecule has 0 saturated heterocycles. The molecule has 0 heterocycles. The Labute approximate surface area is 111 Å². The summed E-state index contributed by atoms with van der Waals surface area (Å²) in [6.45, 7) is 5.38. The summed E-state index contributed by atoms with van der Waals surface area (Å²) < 4.78 is 37.1. The number of aliphatic hydroxyl groups is 1. The van der Waals surface area contributed by atoms with Crippen LogP contribution in [0.2, 0.25) is 0 Å². The molecule has 0 bridgehead atoms. The van der Waals surface area contributed by atoms with Crippen molar-refractivity contribution in [2.45, 2.75) is 32.5 Å². The molecule has 1 aromatic carbocycles. The second-order valence-electron chi connectivity index (χ2n) is 5.10. The van der Waals surface area contributed by atoms with E-state index in [-0.39, 0.29) is 0 Å². The zero-order chi connectivity index (χ0) is 14.5. The zero-order valence-electron chi connectivity index (χ0n) is 11.2. The van der Waals surface area contributed by atoms with Crippen molar-refractivity contribution in [2.75, 3.05) is 13.1 Å². The number of halogens is 3. The van der Waals surface area contributed by atoms with Crippen molar-refractivity contribution in [3.05, 3.63) is 35.4 Å². The fraction of sp³-hybridized carbons (Fsp3) is 0.571. The van der Waals surface area contributed by atoms with E-state index in [9.17, 15) is 18.3 Å². The van der Waals surface area contributed by atoms with Crippen LogP contribution < -0.4 is 5.32 Å².